The molecule has 0 saturated carbocycles. The van der Waals surface area contributed by atoms with E-state index < -0.39 is 0 Å². The molecule has 0 bridgehead atoms. The molecule has 4 heteroatoms. The van der Waals surface area contributed by atoms with Crippen molar-refractivity contribution < 1.29 is 9.53 Å². The number of nitrogens with one attached hydrogen (secondary N) is 2. The molecule has 1 fully saturated rings. The minimum absolute atomic E-state index is 0.0706. The quantitative estimate of drug-likeness (QED) is 0.697. The molecule has 2 N–H and O–H groups in total. The fraction of sp³-hybridized carbons (Fsp3) is 0.364. The van der Waals surface area contributed by atoms with Crippen LogP contribution in [0.3, 0.4) is 0 Å². The topological polar surface area (TPSA) is 50.4 Å². The van der Waals surface area contributed by atoms with Gasteiger partial charge in [0.25, 0.3) is 0 Å². The highest BCUT2D eigenvalue weighted by atomic mass is 16.5. The van der Waals surface area contributed by atoms with E-state index in [1.54, 1.807) is 12.1 Å². The van der Waals surface area contributed by atoms with Gasteiger partial charge in [0, 0.05) is 13.1 Å². The Morgan fingerprint density at radius 3 is 2.47 bits per heavy atom. The van der Waals surface area contributed by atoms with Gasteiger partial charge in [-0.25, -0.2) is 4.79 Å². The van der Waals surface area contributed by atoms with Crippen molar-refractivity contribution in [2.24, 2.45) is 0 Å². The molecule has 0 unspecified atom stereocenters. The molecule has 1 aliphatic rings. The van der Waals surface area contributed by atoms with Gasteiger partial charge in [0.05, 0.1) is 5.56 Å². The summed E-state index contributed by atoms with van der Waals surface area (Å²) in [7, 11) is 0. The minimum Gasteiger partial charge on any atom is -0.456 e. The number of benzene rings is 1. The van der Waals surface area contributed by atoms with E-state index in [4.69, 9.17) is 4.74 Å². The van der Waals surface area contributed by atoms with Crippen LogP contribution in [0.4, 0.5) is 0 Å². The van der Waals surface area contributed by atoms with Crippen molar-refractivity contribution in [2.45, 2.75) is 13.0 Å². The lowest BCUT2D eigenvalue weighted by molar-refractivity contribution is 0.0365. The predicted molar refractivity (Wildman–Crippen MR) is 56.4 cm³/mol. The van der Waals surface area contributed by atoms with Crippen molar-refractivity contribution in [3.63, 3.8) is 0 Å². The maximum atomic E-state index is 11.6. The van der Waals surface area contributed by atoms with E-state index in [1.165, 1.54) is 0 Å². The second-order valence-corrected chi connectivity index (χ2v) is 3.66. The Labute approximate surface area is 88.6 Å². The fourth-order valence-electron chi connectivity index (χ4n) is 1.44. The number of ether oxygens (including phenoxy) is 1. The highest BCUT2D eigenvalue weighted by Crippen LogP contribution is 2.06. The normalized spacial score (nSPS) is 16.6. The number of hydrogen-bond donors (Lipinski definition) is 2. The van der Waals surface area contributed by atoms with Gasteiger partial charge in [0.2, 0.25) is 0 Å². The Bertz CT molecular complexity index is 342. The number of hydrogen-bond acceptors (Lipinski definition) is 4. The molecule has 0 aliphatic carbocycles. The van der Waals surface area contributed by atoms with Crippen LogP contribution >= 0.6 is 0 Å². The largest absolute Gasteiger partial charge is 0.456 e. The van der Waals surface area contributed by atoms with Crippen LogP contribution in [-0.4, -0.2) is 25.2 Å². The van der Waals surface area contributed by atoms with Crippen molar-refractivity contribution in [1.29, 1.82) is 0 Å². The van der Waals surface area contributed by atoms with E-state index >= 15 is 0 Å². The van der Waals surface area contributed by atoms with Crippen LogP contribution in [0.5, 0.6) is 0 Å². The zero-order valence-corrected chi connectivity index (χ0v) is 8.62. The summed E-state index contributed by atoms with van der Waals surface area (Å²) in [6.45, 7) is 3.31. The molecule has 1 aromatic carbocycles. The Hall–Kier alpha value is -1.39. The molecule has 15 heavy (non-hydrogen) atoms. The maximum absolute atomic E-state index is 11.6. The maximum Gasteiger partial charge on any atom is 0.338 e. The SMILES string of the molecule is Cc1ccc(C(=O)OC2CNNC2)cc1. The molecule has 0 aromatic heterocycles. The van der Waals surface area contributed by atoms with Gasteiger partial charge in [-0.05, 0) is 19.1 Å². The Morgan fingerprint density at radius 2 is 1.87 bits per heavy atom. The molecule has 0 spiro atoms. The Kier molecular flexibility index (Phi) is 2.99. The van der Waals surface area contributed by atoms with Gasteiger partial charge >= 0.3 is 5.97 Å². The molecule has 0 radical (unpaired) electrons. The Balaban J connectivity index is 1.98. The standard InChI is InChI=1S/C11H14N2O2/c1-8-2-4-9(5-3-8)11(14)15-10-6-12-13-7-10/h2-5,10,12-13H,6-7H2,1H3. The second-order valence-electron chi connectivity index (χ2n) is 3.66. The third kappa shape index (κ3) is 2.55. The number of hydrazine groups is 1. The highest BCUT2D eigenvalue weighted by Gasteiger charge is 2.19. The lowest BCUT2D eigenvalue weighted by atomic mass is 10.1. The van der Waals surface area contributed by atoms with Crippen LogP contribution in [0.25, 0.3) is 0 Å². The van der Waals surface area contributed by atoms with E-state index in [9.17, 15) is 4.79 Å². The molecule has 1 aromatic rings. The van der Waals surface area contributed by atoms with Gasteiger partial charge in [-0.1, -0.05) is 17.7 Å². The van der Waals surface area contributed by atoms with E-state index in [0.29, 0.717) is 18.7 Å². The highest BCUT2D eigenvalue weighted by molar-refractivity contribution is 5.89. The van der Waals surface area contributed by atoms with Gasteiger partial charge in [-0.15, -0.1) is 0 Å². The molecule has 0 atom stereocenters. The molecule has 1 aliphatic heterocycles. The van der Waals surface area contributed by atoms with Crippen LogP contribution in [0.2, 0.25) is 0 Å². The fourth-order valence-corrected chi connectivity index (χ4v) is 1.44. The van der Waals surface area contributed by atoms with Gasteiger partial charge in [0.1, 0.15) is 6.10 Å². The monoisotopic (exact) mass is 206 g/mol. The van der Waals surface area contributed by atoms with Crippen LogP contribution < -0.4 is 10.9 Å². The molecular weight excluding hydrogens is 192 g/mol. The third-order valence-electron chi connectivity index (χ3n) is 2.35. The van der Waals surface area contributed by atoms with Gasteiger partial charge < -0.3 is 4.74 Å². The Morgan fingerprint density at radius 1 is 1.27 bits per heavy atom. The molecule has 1 saturated heterocycles. The second kappa shape index (κ2) is 4.42. The minimum atomic E-state index is -0.259. The first kappa shape index (κ1) is 10.1. The van der Waals surface area contributed by atoms with Gasteiger partial charge in [-0.2, -0.15) is 0 Å². The van der Waals surface area contributed by atoms with E-state index in [0.717, 1.165) is 5.56 Å². The van der Waals surface area contributed by atoms with Crippen molar-refractivity contribution >= 4 is 5.97 Å². The molecule has 4 nitrogen and oxygen atoms in total. The first-order valence-electron chi connectivity index (χ1n) is 4.99. The summed E-state index contributed by atoms with van der Waals surface area (Å²) < 4.78 is 5.27. The molecular formula is C11H14N2O2. The first-order chi connectivity index (χ1) is 7.25. The van der Waals surface area contributed by atoms with E-state index in [1.807, 2.05) is 19.1 Å². The number of rotatable bonds is 2. The smallest absolute Gasteiger partial charge is 0.338 e. The lowest BCUT2D eigenvalue weighted by Crippen LogP contribution is -2.22. The van der Waals surface area contributed by atoms with Crippen LogP contribution in [0, 0.1) is 6.92 Å². The summed E-state index contributed by atoms with van der Waals surface area (Å²) in [5.74, 6) is -0.259. The average Bonchev–Trinajstić information content (AvgIpc) is 2.71. The van der Waals surface area contributed by atoms with Crippen LogP contribution in [0.1, 0.15) is 15.9 Å². The van der Waals surface area contributed by atoms with Crippen LogP contribution in [0.15, 0.2) is 24.3 Å². The van der Waals surface area contributed by atoms with Crippen LogP contribution in [-0.2, 0) is 4.74 Å². The summed E-state index contributed by atoms with van der Waals surface area (Å²) >= 11 is 0. The summed E-state index contributed by atoms with van der Waals surface area (Å²) in [5.41, 5.74) is 7.56. The third-order valence-corrected chi connectivity index (χ3v) is 2.35. The zero-order chi connectivity index (χ0) is 10.7. The van der Waals surface area contributed by atoms with Crippen molar-refractivity contribution in [3.8, 4) is 0 Å². The average molecular weight is 206 g/mol. The van der Waals surface area contributed by atoms with E-state index in [-0.39, 0.29) is 12.1 Å². The summed E-state index contributed by atoms with van der Waals surface area (Å²) in [4.78, 5) is 11.6. The summed E-state index contributed by atoms with van der Waals surface area (Å²) in [5, 5.41) is 0. The zero-order valence-electron chi connectivity index (χ0n) is 8.62. The van der Waals surface area contributed by atoms with Gasteiger partial charge in [0.15, 0.2) is 0 Å². The van der Waals surface area contributed by atoms with Crippen molar-refractivity contribution in [1.82, 2.24) is 10.9 Å². The van der Waals surface area contributed by atoms with Gasteiger partial charge in [-0.3, -0.25) is 10.9 Å². The van der Waals surface area contributed by atoms with E-state index in [2.05, 4.69) is 10.9 Å². The molecule has 80 valence electrons. The number of aryl methyl sites for hydroxylation is 1. The number of carbonyl (C=O) groups is 1. The molecule has 1 heterocycles. The van der Waals surface area contributed by atoms with Crippen molar-refractivity contribution in [3.05, 3.63) is 35.4 Å². The number of esters is 1. The van der Waals surface area contributed by atoms with Crippen molar-refractivity contribution in [2.75, 3.05) is 13.1 Å². The predicted octanol–water partition coefficient (Wildman–Crippen LogP) is 0.628. The lowest BCUT2D eigenvalue weighted by Gasteiger charge is -2.09. The summed E-state index contributed by atoms with van der Waals surface area (Å²) in [6.07, 6.45) is -0.0706. The molecule has 2 rings (SSSR count). The number of carbonyl (C=O) groups excluding carboxylic acids is 1. The summed E-state index contributed by atoms with van der Waals surface area (Å²) in [6, 6.07) is 7.38. The first-order valence-corrected chi connectivity index (χ1v) is 4.99. The molecule has 0 amide bonds.